The fourth-order valence-corrected chi connectivity index (χ4v) is 15.4. The standard InChI is InChI=1S/C52H35NO.C30H24BNO2.C23H16O.CH4/c1-3-11-36(12-4-1)39-21-27-44(28-22-39)53(45-29-23-40(24-30-45)37-13-5-2-6-14-37)46-31-25-41(26-32-46)49-35-52-50(47-17-9-10-18-51(47)54-52)34-48(49)43-20-19-38-15-7-8-16-42(38)33-43;33-31(34)27-15-21-30(22-16-27)32(28-17-11-25(12-18-28)23-7-3-1-4-8-23)29-19-13-26(14-20-29)24-9-5-2-6-10-24;1-15-12-23-21(19-8-4-5-9-22(19)24-23)14-20(15)18-11-10-16-6-2-3-7-17(16)13-18;/h1-35H;1-22,33-34H;2-14H,1H3;1H4. The number of fused-ring (bicyclic) bond motifs is 8. The van der Waals surface area contributed by atoms with E-state index in [4.69, 9.17) is 8.83 Å². The van der Waals surface area contributed by atoms with Crippen LogP contribution in [0.3, 0.4) is 0 Å². The zero-order valence-corrected chi connectivity index (χ0v) is 61.6. The van der Waals surface area contributed by atoms with Crippen molar-refractivity contribution in [3.05, 3.63) is 430 Å². The maximum Gasteiger partial charge on any atom is 0.488 e. The van der Waals surface area contributed by atoms with Crippen molar-refractivity contribution in [1.82, 2.24) is 0 Å². The van der Waals surface area contributed by atoms with Gasteiger partial charge in [0.15, 0.2) is 0 Å². The molecule has 113 heavy (non-hydrogen) atoms. The van der Waals surface area contributed by atoms with Crippen molar-refractivity contribution in [2.45, 2.75) is 14.4 Å². The zero-order valence-electron chi connectivity index (χ0n) is 61.6. The van der Waals surface area contributed by atoms with Crippen molar-refractivity contribution >= 4 is 112 Å². The van der Waals surface area contributed by atoms with E-state index in [1.807, 2.05) is 72.8 Å². The fourth-order valence-electron chi connectivity index (χ4n) is 15.4. The van der Waals surface area contributed by atoms with Crippen molar-refractivity contribution in [1.29, 1.82) is 0 Å². The summed E-state index contributed by atoms with van der Waals surface area (Å²) in [6.45, 7) is 2.15. The molecule has 0 aliphatic carbocycles. The number of hydrogen-bond acceptors (Lipinski definition) is 6. The first-order valence-corrected chi connectivity index (χ1v) is 37.9. The normalized spacial score (nSPS) is 11.1. The Bertz CT molecular complexity index is 6500. The van der Waals surface area contributed by atoms with E-state index in [1.54, 1.807) is 12.1 Å². The lowest BCUT2D eigenvalue weighted by atomic mass is 9.80. The largest absolute Gasteiger partial charge is 0.488 e. The van der Waals surface area contributed by atoms with Gasteiger partial charge < -0.3 is 28.7 Å². The van der Waals surface area contributed by atoms with Crippen molar-refractivity contribution < 1.29 is 18.9 Å². The Labute approximate surface area is 659 Å². The van der Waals surface area contributed by atoms with Gasteiger partial charge in [-0.1, -0.05) is 311 Å². The zero-order chi connectivity index (χ0) is 75.3. The van der Waals surface area contributed by atoms with E-state index in [1.165, 1.54) is 93.5 Å². The molecule has 0 amide bonds. The quantitative estimate of drug-likeness (QED) is 0.106. The van der Waals surface area contributed by atoms with Crippen molar-refractivity contribution in [3.63, 3.8) is 0 Å². The number of para-hydroxylation sites is 2. The van der Waals surface area contributed by atoms with Gasteiger partial charge in [-0.25, -0.2) is 0 Å². The van der Waals surface area contributed by atoms with E-state index >= 15 is 0 Å². The Morgan fingerprint density at radius 3 is 0.858 bits per heavy atom. The van der Waals surface area contributed by atoms with Crippen LogP contribution in [0.1, 0.15) is 13.0 Å². The first-order chi connectivity index (χ1) is 55.2. The van der Waals surface area contributed by atoms with Gasteiger partial charge in [-0.15, -0.1) is 0 Å². The van der Waals surface area contributed by atoms with Gasteiger partial charge in [0.2, 0.25) is 0 Å². The second-order valence-corrected chi connectivity index (χ2v) is 28.2. The first kappa shape index (κ1) is 71.6. The molecule has 0 saturated carbocycles. The highest BCUT2D eigenvalue weighted by Gasteiger charge is 2.21. The molecule has 540 valence electrons. The van der Waals surface area contributed by atoms with Gasteiger partial charge in [0.1, 0.15) is 22.3 Å². The van der Waals surface area contributed by atoms with Crippen LogP contribution < -0.4 is 15.3 Å². The van der Waals surface area contributed by atoms with E-state index < -0.39 is 7.12 Å². The van der Waals surface area contributed by atoms with E-state index in [9.17, 15) is 10.0 Å². The predicted molar refractivity (Wildman–Crippen MR) is 478 cm³/mol. The molecule has 2 N–H and O–H groups in total. The second kappa shape index (κ2) is 32.1. The molecule has 7 heteroatoms. The fraction of sp³-hybridized carbons (Fsp3) is 0.0189. The minimum Gasteiger partial charge on any atom is -0.456 e. The number of furan rings is 2. The molecular weight excluding hydrogens is 1380 g/mol. The number of nitrogens with zero attached hydrogens (tertiary/aromatic N) is 2. The molecule has 0 spiro atoms. The maximum absolute atomic E-state index is 9.51. The Morgan fingerprint density at radius 2 is 0.487 bits per heavy atom. The van der Waals surface area contributed by atoms with Crippen LogP contribution in [0.4, 0.5) is 34.1 Å². The highest BCUT2D eigenvalue weighted by Crippen LogP contribution is 2.45. The number of aryl methyl sites for hydroxylation is 1. The van der Waals surface area contributed by atoms with Crippen LogP contribution in [0.5, 0.6) is 0 Å². The average molecular weight is 1460 g/mol. The number of hydrogen-bond donors (Lipinski definition) is 2. The average Bonchev–Trinajstić information content (AvgIpc) is 1.66. The molecule has 2 heterocycles. The first-order valence-electron chi connectivity index (χ1n) is 37.9. The van der Waals surface area contributed by atoms with Crippen LogP contribution in [0.2, 0.25) is 0 Å². The minimum atomic E-state index is -1.49. The summed E-state index contributed by atoms with van der Waals surface area (Å²) in [5.74, 6) is 0. The molecule has 18 aromatic carbocycles. The van der Waals surface area contributed by atoms with Crippen LogP contribution in [0, 0.1) is 6.92 Å². The van der Waals surface area contributed by atoms with E-state index in [-0.39, 0.29) is 7.43 Å². The SMILES string of the molecule is C.Cc1cc2oc3ccccc3c2cc1-c1ccc2ccccc2c1.OB(O)c1ccc(N(c2ccc(-c3ccccc3)cc2)c2ccc(-c3ccccc3)cc2)cc1.c1ccc(-c2ccc(N(c3ccc(-c4ccccc4)cc3)c3ccc(-c4cc5oc6ccccc6c5cc4-c4ccc5ccccc5c4)cc3)cc2)cc1. The summed E-state index contributed by atoms with van der Waals surface area (Å²) in [6.07, 6.45) is 0. The smallest absolute Gasteiger partial charge is 0.456 e. The highest BCUT2D eigenvalue weighted by molar-refractivity contribution is 6.58. The van der Waals surface area contributed by atoms with Gasteiger partial charge in [0.25, 0.3) is 0 Å². The van der Waals surface area contributed by atoms with Crippen molar-refractivity contribution in [3.8, 4) is 77.9 Å². The third-order valence-electron chi connectivity index (χ3n) is 21.2. The van der Waals surface area contributed by atoms with Crippen LogP contribution >= 0.6 is 0 Å². The van der Waals surface area contributed by atoms with Crippen LogP contribution in [0.15, 0.2) is 433 Å². The van der Waals surface area contributed by atoms with Gasteiger partial charge in [0.05, 0.1) is 0 Å². The molecule has 0 aliphatic rings. The summed E-state index contributed by atoms with van der Waals surface area (Å²) in [7, 11) is -1.49. The molecule has 0 bridgehead atoms. The Morgan fingerprint density at radius 1 is 0.212 bits per heavy atom. The summed E-state index contributed by atoms with van der Waals surface area (Å²) in [5.41, 5.74) is 28.2. The number of benzene rings is 18. The Kier molecular flexibility index (Phi) is 20.3. The number of rotatable bonds is 14. The van der Waals surface area contributed by atoms with Crippen LogP contribution in [-0.4, -0.2) is 17.2 Å². The van der Waals surface area contributed by atoms with Crippen LogP contribution in [0.25, 0.3) is 143 Å². The molecular formula is C106H79BN2O4. The molecule has 0 unspecified atom stereocenters. The van der Waals surface area contributed by atoms with E-state index in [2.05, 4.69) is 356 Å². The van der Waals surface area contributed by atoms with Gasteiger partial charge in [-0.2, -0.15) is 0 Å². The summed E-state index contributed by atoms with van der Waals surface area (Å²) in [5, 5.41) is 28.6. The Balaban J connectivity index is 0.000000134. The molecule has 20 rings (SSSR count). The molecule has 0 radical (unpaired) electrons. The van der Waals surface area contributed by atoms with E-state index in [0.29, 0.717) is 5.46 Å². The predicted octanol–water partition coefficient (Wildman–Crippen LogP) is 28.4. The van der Waals surface area contributed by atoms with Crippen LogP contribution in [-0.2, 0) is 0 Å². The van der Waals surface area contributed by atoms with E-state index in [0.717, 1.165) is 89.5 Å². The molecule has 20 aromatic rings. The summed E-state index contributed by atoms with van der Waals surface area (Å²) >= 11 is 0. The highest BCUT2D eigenvalue weighted by atomic mass is 16.4. The minimum absolute atomic E-state index is 0. The van der Waals surface area contributed by atoms with Crippen molar-refractivity contribution in [2.75, 3.05) is 9.80 Å². The topological polar surface area (TPSA) is 73.2 Å². The molecule has 0 atom stereocenters. The molecule has 2 aromatic heterocycles. The lowest BCUT2D eigenvalue weighted by Crippen LogP contribution is -2.29. The van der Waals surface area contributed by atoms with Gasteiger partial charge in [-0.3, -0.25) is 0 Å². The third kappa shape index (κ3) is 15.1. The van der Waals surface area contributed by atoms with Gasteiger partial charge in [-0.05, 0) is 239 Å². The molecule has 0 fully saturated rings. The third-order valence-corrected chi connectivity index (χ3v) is 21.2. The summed E-state index contributed by atoms with van der Waals surface area (Å²) in [4.78, 5) is 4.50. The molecule has 0 aliphatic heterocycles. The summed E-state index contributed by atoms with van der Waals surface area (Å²) < 4.78 is 12.4. The number of anilines is 6. The second-order valence-electron chi connectivity index (χ2n) is 28.2. The lowest BCUT2D eigenvalue weighted by molar-refractivity contribution is 0.426. The molecule has 0 saturated heterocycles. The Hall–Kier alpha value is -14.3. The summed E-state index contributed by atoms with van der Waals surface area (Å²) in [6, 6.07) is 149. The monoisotopic (exact) mass is 1450 g/mol. The van der Waals surface area contributed by atoms with Gasteiger partial charge in [0, 0.05) is 55.7 Å². The van der Waals surface area contributed by atoms with Gasteiger partial charge >= 0.3 is 7.12 Å². The maximum atomic E-state index is 9.51. The molecule has 6 nitrogen and oxygen atoms in total. The van der Waals surface area contributed by atoms with Crippen molar-refractivity contribution in [2.24, 2.45) is 0 Å². The lowest BCUT2D eigenvalue weighted by Gasteiger charge is -2.26.